The molecule has 1 unspecified atom stereocenters. The highest BCUT2D eigenvalue weighted by atomic mass is 16.7. The predicted octanol–water partition coefficient (Wildman–Crippen LogP) is 5.16. The highest BCUT2D eigenvalue weighted by Gasteiger charge is 2.67. The maximum absolute atomic E-state index is 13.0. The minimum atomic E-state index is -0.571. The first-order valence-electron chi connectivity index (χ1n) is 11.7. The number of carbonyl (C=O) groups is 1. The zero-order chi connectivity index (χ0) is 22.8. The second kappa shape index (κ2) is 7.52. The first-order chi connectivity index (χ1) is 14.4. The van der Waals surface area contributed by atoms with E-state index in [-0.39, 0.29) is 24.8 Å². The largest absolute Gasteiger partial charge is 0.493 e. The first-order valence-corrected chi connectivity index (χ1v) is 11.7. The molecule has 1 aromatic rings. The normalized spacial score (nSPS) is 31.1. The predicted molar refractivity (Wildman–Crippen MR) is 121 cm³/mol. The zero-order valence-electron chi connectivity index (χ0n) is 20.3. The number of hydrogen-bond acceptors (Lipinski definition) is 5. The Labute approximate surface area is 187 Å². The topological polar surface area (TPSA) is 54.0 Å². The Kier molecular flexibility index (Phi) is 5.49. The van der Waals surface area contributed by atoms with Gasteiger partial charge in [0.1, 0.15) is 16.9 Å². The average Bonchev–Trinajstić information content (AvgIpc) is 2.98. The summed E-state index contributed by atoms with van der Waals surface area (Å²) >= 11 is 0. The molecular weight excluding hydrogens is 391 g/mol. The third-order valence-electron chi connectivity index (χ3n) is 7.83. The summed E-state index contributed by atoms with van der Waals surface area (Å²) in [4.78, 5) is 13.0. The van der Waals surface area contributed by atoms with Crippen molar-refractivity contribution in [2.24, 2.45) is 17.3 Å². The van der Waals surface area contributed by atoms with Crippen LogP contribution in [-0.2, 0) is 20.4 Å². The van der Waals surface area contributed by atoms with Gasteiger partial charge in [0, 0.05) is 6.32 Å². The molecular formula is C25H37BO5. The van der Waals surface area contributed by atoms with Crippen molar-refractivity contribution in [1.82, 2.24) is 0 Å². The molecule has 5 nitrogen and oxygen atoms in total. The smallest absolute Gasteiger partial charge is 0.462 e. The fourth-order valence-electron chi connectivity index (χ4n) is 6.03. The summed E-state index contributed by atoms with van der Waals surface area (Å²) in [6.45, 7) is 17.0. The fourth-order valence-corrected chi connectivity index (χ4v) is 6.03. The third kappa shape index (κ3) is 3.80. The second-order valence-corrected chi connectivity index (χ2v) is 11.3. The molecule has 4 atom stereocenters. The van der Waals surface area contributed by atoms with Crippen molar-refractivity contribution in [3.8, 4) is 5.75 Å². The Morgan fingerprint density at radius 2 is 1.94 bits per heavy atom. The summed E-state index contributed by atoms with van der Waals surface area (Å²) in [6.07, 6.45) is 3.07. The Hall–Kier alpha value is -1.53. The molecule has 31 heavy (non-hydrogen) atoms. The number of rotatable bonds is 5. The molecule has 0 radical (unpaired) electrons. The number of hydrogen-bond donors (Lipinski definition) is 0. The summed E-state index contributed by atoms with van der Waals surface area (Å²) in [5, 5.41) is 0. The lowest BCUT2D eigenvalue weighted by Gasteiger charge is -2.64. The van der Waals surface area contributed by atoms with E-state index in [1.807, 2.05) is 46.8 Å². The molecule has 0 aromatic heterocycles. The summed E-state index contributed by atoms with van der Waals surface area (Å²) in [5.41, 5.74) is 1.93. The van der Waals surface area contributed by atoms with E-state index in [9.17, 15) is 4.79 Å². The van der Waals surface area contributed by atoms with Crippen LogP contribution in [0.25, 0.3) is 0 Å². The maximum Gasteiger partial charge on any atom is 0.462 e. The van der Waals surface area contributed by atoms with E-state index < -0.39 is 5.60 Å². The molecule has 6 heteroatoms. The van der Waals surface area contributed by atoms with E-state index in [4.69, 9.17) is 18.8 Å². The van der Waals surface area contributed by atoms with Crippen molar-refractivity contribution >= 4 is 13.1 Å². The molecule has 1 heterocycles. The molecule has 0 spiro atoms. The van der Waals surface area contributed by atoms with Gasteiger partial charge in [-0.2, -0.15) is 0 Å². The van der Waals surface area contributed by atoms with Gasteiger partial charge in [0.2, 0.25) is 0 Å². The van der Waals surface area contributed by atoms with Gasteiger partial charge < -0.3 is 18.8 Å². The first kappa shape index (κ1) is 22.7. The number of carbonyl (C=O) groups excluding carboxylic acids is 1. The van der Waals surface area contributed by atoms with Crippen LogP contribution in [-0.4, -0.2) is 37.0 Å². The summed E-state index contributed by atoms with van der Waals surface area (Å²) < 4.78 is 24.4. The lowest BCUT2D eigenvalue weighted by Crippen LogP contribution is -2.65. The third-order valence-corrected chi connectivity index (χ3v) is 7.83. The van der Waals surface area contributed by atoms with Gasteiger partial charge in [-0.1, -0.05) is 19.9 Å². The molecule has 3 aliphatic carbocycles. The Morgan fingerprint density at radius 1 is 1.23 bits per heavy atom. The van der Waals surface area contributed by atoms with Crippen LogP contribution in [0.3, 0.4) is 0 Å². The van der Waals surface area contributed by atoms with Crippen molar-refractivity contribution < 1.29 is 23.6 Å². The van der Waals surface area contributed by atoms with Crippen LogP contribution in [0.1, 0.15) is 82.8 Å². The van der Waals surface area contributed by atoms with E-state index in [0.717, 1.165) is 23.5 Å². The Morgan fingerprint density at radius 3 is 2.55 bits per heavy atom. The van der Waals surface area contributed by atoms with Crippen molar-refractivity contribution in [2.45, 2.75) is 91.9 Å². The number of esters is 1. The molecule has 0 amide bonds. The standard InChI is InChI=1S/C25H37BO5/c1-9-28-18-11-10-16(15(2)21(18)22(27)29-23(3,4)5)14-26-30-20-13-17-12-19(24(17,6)7)25(20,8)31-26/h10-11,17,19-20H,9,12-14H2,1-8H3/t17-,19-,20?,25-/m0/s1. The minimum absolute atomic E-state index is 0.155. The van der Waals surface area contributed by atoms with Crippen LogP contribution in [0.2, 0.25) is 0 Å². The van der Waals surface area contributed by atoms with Gasteiger partial charge in [0.25, 0.3) is 0 Å². The van der Waals surface area contributed by atoms with Gasteiger partial charge in [0.05, 0.1) is 18.3 Å². The molecule has 5 rings (SSSR count). The van der Waals surface area contributed by atoms with E-state index in [1.165, 1.54) is 6.42 Å². The van der Waals surface area contributed by atoms with Crippen molar-refractivity contribution in [3.05, 3.63) is 28.8 Å². The second-order valence-electron chi connectivity index (χ2n) is 11.3. The van der Waals surface area contributed by atoms with Crippen LogP contribution in [0.4, 0.5) is 0 Å². The highest BCUT2D eigenvalue weighted by molar-refractivity contribution is 6.45. The lowest BCUT2D eigenvalue weighted by molar-refractivity contribution is -0.199. The molecule has 1 saturated heterocycles. The van der Waals surface area contributed by atoms with Crippen molar-refractivity contribution in [1.29, 1.82) is 0 Å². The van der Waals surface area contributed by atoms with E-state index in [2.05, 4.69) is 20.8 Å². The van der Waals surface area contributed by atoms with Gasteiger partial charge in [-0.25, -0.2) is 4.79 Å². The Bertz CT molecular complexity index is 873. The molecule has 4 fully saturated rings. The lowest BCUT2D eigenvalue weighted by atomic mass is 9.43. The van der Waals surface area contributed by atoms with Gasteiger partial charge in [-0.05, 0) is 88.8 Å². The molecule has 170 valence electrons. The van der Waals surface area contributed by atoms with Gasteiger partial charge in [-0.3, -0.25) is 0 Å². The van der Waals surface area contributed by atoms with Crippen LogP contribution in [0.5, 0.6) is 5.75 Å². The average molecular weight is 428 g/mol. The maximum atomic E-state index is 13.0. The van der Waals surface area contributed by atoms with Crippen molar-refractivity contribution in [2.75, 3.05) is 6.61 Å². The number of benzene rings is 1. The minimum Gasteiger partial charge on any atom is -0.493 e. The molecule has 2 bridgehead atoms. The molecule has 4 aliphatic rings. The van der Waals surface area contributed by atoms with E-state index >= 15 is 0 Å². The highest BCUT2D eigenvalue weighted by Crippen LogP contribution is 2.65. The molecule has 1 aliphatic heterocycles. The van der Waals surface area contributed by atoms with Gasteiger partial charge in [0.15, 0.2) is 0 Å². The molecule has 0 N–H and O–H groups in total. The van der Waals surface area contributed by atoms with E-state index in [1.54, 1.807) is 0 Å². The number of ether oxygens (including phenoxy) is 2. The zero-order valence-corrected chi connectivity index (χ0v) is 20.3. The quantitative estimate of drug-likeness (QED) is 0.479. The summed E-state index contributed by atoms with van der Waals surface area (Å²) in [5.74, 6) is 1.47. The molecule has 1 aromatic carbocycles. The van der Waals surface area contributed by atoms with Crippen molar-refractivity contribution in [3.63, 3.8) is 0 Å². The van der Waals surface area contributed by atoms with Crippen LogP contribution in [0, 0.1) is 24.2 Å². The SMILES string of the molecule is CCOc1ccc(CB2OC3C[C@@H]4C[C@@H](C4(C)C)[C@]3(C)O2)c(C)c1C(=O)OC(C)(C)C. The monoisotopic (exact) mass is 428 g/mol. The van der Waals surface area contributed by atoms with Crippen LogP contribution < -0.4 is 4.74 Å². The van der Waals surface area contributed by atoms with Gasteiger partial charge >= 0.3 is 13.1 Å². The van der Waals surface area contributed by atoms with Crippen LogP contribution in [0.15, 0.2) is 12.1 Å². The van der Waals surface area contributed by atoms with Crippen LogP contribution >= 0.6 is 0 Å². The fraction of sp³-hybridized carbons (Fsp3) is 0.720. The van der Waals surface area contributed by atoms with E-state index in [0.29, 0.717) is 35.6 Å². The summed E-state index contributed by atoms with van der Waals surface area (Å²) in [6, 6.07) is 3.89. The molecule has 3 saturated carbocycles. The Balaban J connectivity index is 1.57. The van der Waals surface area contributed by atoms with Gasteiger partial charge in [-0.15, -0.1) is 0 Å². The summed E-state index contributed by atoms with van der Waals surface area (Å²) in [7, 11) is -0.298.